The Morgan fingerprint density at radius 3 is 1.72 bits per heavy atom. The molecule has 0 aliphatic carbocycles. The van der Waals surface area contributed by atoms with Crippen molar-refractivity contribution in [3.63, 3.8) is 0 Å². The van der Waals surface area contributed by atoms with E-state index in [9.17, 15) is 28.0 Å². The van der Waals surface area contributed by atoms with Gasteiger partial charge in [0.15, 0.2) is 11.4 Å². The number of fused-ring (bicyclic) bond motifs is 2. The minimum atomic E-state index is -0.560. The molecular weight excluding hydrogens is 861 g/mol. The summed E-state index contributed by atoms with van der Waals surface area (Å²) < 4.78 is 46.5. The van der Waals surface area contributed by atoms with Crippen molar-refractivity contribution in [3.05, 3.63) is 223 Å². The van der Waals surface area contributed by atoms with E-state index in [1.54, 1.807) is 42.7 Å². The van der Waals surface area contributed by atoms with Crippen LogP contribution >= 0.6 is 0 Å². The van der Waals surface area contributed by atoms with Crippen LogP contribution in [0.3, 0.4) is 0 Å². The molecular formula is C51H41F2N7O7. The second-order valence-electron chi connectivity index (χ2n) is 15.4. The molecule has 0 saturated heterocycles. The predicted octanol–water partition coefficient (Wildman–Crippen LogP) is 7.62. The number of carbonyl (C=O) groups excluding carboxylic acids is 2. The molecule has 16 heteroatoms. The Hall–Kier alpha value is -8.66. The first-order valence-corrected chi connectivity index (χ1v) is 21.0. The number of carbonyl (C=O) groups is 2. The average molecular weight is 902 g/mol. The molecule has 0 atom stereocenters. The lowest BCUT2D eigenvalue weighted by atomic mass is 10.1. The summed E-state index contributed by atoms with van der Waals surface area (Å²) in [7, 11) is 0. The summed E-state index contributed by atoms with van der Waals surface area (Å²) in [4.78, 5) is 60.7. The Morgan fingerprint density at radius 2 is 1.13 bits per heavy atom. The maximum atomic E-state index is 13.3. The summed E-state index contributed by atoms with van der Waals surface area (Å²) in [5.41, 5.74) is 4.79. The summed E-state index contributed by atoms with van der Waals surface area (Å²) in [5, 5.41) is 10.7. The Kier molecular flexibility index (Phi) is 13.7. The Balaban J connectivity index is 0.000000182. The van der Waals surface area contributed by atoms with Crippen LogP contribution in [0.5, 0.6) is 11.5 Å². The molecule has 0 bridgehead atoms. The minimum absolute atomic E-state index is 0.0159. The summed E-state index contributed by atoms with van der Waals surface area (Å²) >= 11 is 0. The van der Waals surface area contributed by atoms with Crippen molar-refractivity contribution in [1.82, 2.24) is 34.3 Å². The zero-order chi connectivity index (χ0) is 46.9. The number of halogens is 2. The van der Waals surface area contributed by atoms with Gasteiger partial charge in [-0.25, -0.2) is 18.7 Å². The fourth-order valence-electron chi connectivity index (χ4n) is 6.82. The van der Waals surface area contributed by atoms with Crippen LogP contribution in [-0.4, -0.2) is 47.2 Å². The van der Waals surface area contributed by atoms with Crippen LogP contribution in [0.4, 0.5) is 8.78 Å². The Morgan fingerprint density at radius 1 is 0.612 bits per heavy atom. The van der Waals surface area contributed by atoms with E-state index < -0.39 is 23.1 Å². The summed E-state index contributed by atoms with van der Waals surface area (Å²) in [5.74, 6) is -1.45. The molecule has 0 aliphatic heterocycles. The van der Waals surface area contributed by atoms with Crippen molar-refractivity contribution >= 4 is 23.0 Å². The molecule has 0 unspecified atom stereocenters. The third-order valence-corrected chi connectivity index (χ3v) is 10.2. The molecule has 5 heterocycles. The Labute approximate surface area is 381 Å². The predicted molar refractivity (Wildman–Crippen MR) is 244 cm³/mol. The lowest BCUT2D eigenvalue weighted by Gasteiger charge is -2.12. The van der Waals surface area contributed by atoms with Crippen molar-refractivity contribution in [2.45, 2.75) is 39.9 Å². The van der Waals surface area contributed by atoms with Crippen LogP contribution in [0, 0.1) is 25.5 Å². The molecule has 1 amide bonds. The number of aryl methyl sites for hydroxylation is 2. The SMILES string of the molecule is Cc1ccc2nc(-c3nnc(Cc4ccc(F)cc4)o3)c(OCc3ccccc3)c(=O)n2c1.Cc1ccc2nc(C(=O)CNC(=O)Cc3ccc(F)cc3)c(OCc3ccccc3)c(=O)n2c1. The maximum Gasteiger partial charge on any atom is 0.301 e. The number of Topliss-reactive ketones (excluding diaryl/α,β-unsaturated/α-hetero) is 1. The number of ketones is 1. The van der Waals surface area contributed by atoms with Crippen LogP contribution in [0.1, 0.15) is 49.8 Å². The fraction of sp³-hybridized carbons (Fsp3) is 0.137. The quantitative estimate of drug-likeness (QED) is 0.106. The number of rotatable bonds is 14. The number of pyridine rings is 2. The smallest absolute Gasteiger partial charge is 0.301 e. The van der Waals surface area contributed by atoms with Gasteiger partial charge >= 0.3 is 11.1 Å². The lowest BCUT2D eigenvalue weighted by molar-refractivity contribution is -0.120. The first kappa shape index (κ1) is 44.9. The molecule has 336 valence electrons. The molecule has 14 nitrogen and oxygen atoms in total. The highest BCUT2D eigenvalue weighted by molar-refractivity contribution is 6.00. The van der Waals surface area contributed by atoms with Gasteiger partial charge in [0.25, 0.3) is 5.89 Å². The van der Waals surface area contributed by atoms with Gasteiger partial charge in [-0.2, -0.15) is 0 Å². The van der Waals surface area contributed by atoms with Crippen molar-refractivity contribution in [3.8, 4) is 23.1 Å². The molecule has 9 aromatic rings. The molecule has 1 N–H and O–H groups in total. The first-order valence-electron chi connectivity index (χ1n) is 21.0. The van der Waals surface area contributed by atoms with Gasteiger partial charge < -0.3 is 19.2 Å². The molecule has 0 saturated carbocycles. The van der Waals surface area contributed by atoms with Crippen LogP contribution < -0.4 is 25.9 Å². The first-order chi connectivity index (χ1) is 32.5. The normalized spacial score (nSPS) is 10.9. The highest BCUT2D eigenvalue weighted by Crippen LogP contribution is 2.26. The molecule has 9 rings (SSSR count). The average Bonchev–Trinajstić information content (AvgIpc) is 3.81. The van der Waals surface area contributed by atoms with E-state index in [1.807, 2.05) is 80.6 Å². The van der Waals surface area contributed by atoms with Crippen molar-refractivity contribution < 1.29 is 32.3 Å². The van der Waals surface area contributed by atoms with Crippen molar-refractivity contribution in [2.75, 3.05) is 6.54 Å². The van der Waals surface area contributed by atoms with Crippen LogP contribution in [0.15, 0.2) is 160 Å². The topological polar surface area (TPSA) is 172 Å². The fourth-order valence-corrected chi connectivity index (χ4v) is 6.82. The molecule has 0 radical (unpaired) electrons. The van der Waals surface area contributed by atoms with E-state index in [4.69, 9.17) is 13.9 Å². The molecule has 4 aromatic carbocycles. The van der Waals surface area contributed by atoms with Crippen LogP contribution in [0.25, 0.3) is 22.9 Å². The number of hydrogen-bond donors (Lipinski definition) is 1. The number of hydrogen-bond acceptors (Lipinski definition) is 11. The van der Waals surface area contributed by atoms with Crippen molar-refractivity contribution in [1.29, 1.82) is 0 Å². The number of ether oxygens (including phenoxy) is 2. The van der Waals surface area contributed by atoms with E-state index >= 15 is 0 Å². The van der Waals surface area contributed by atoms with Crippen LogP contribution in [-0.2, 0) is 30.8 Å². The number of aromatic nitrogens is 6. The van der Waals surface area contributed by atoms with Gasteiger partial charge in [-0.05, 0) is 83.6 Å². The number of nitrogens with zero attached hydrogens (tertiary/aromatic N) is 6. The third-order valence-electron chi connectivity index (χ3n) is 10.2. The van der Waals surface area contributed by atoms with Gasteiger partial charge in [-0.3, -0.25) is 28.0 Å². The zero-order valence-electron chi connectivity index (χ0n) is 36.2. The second kappa shape index (κ2) is 20.5. The summed E-state index contributed by atoms with van der Waals surface area (Å²) in [6.45, 7) is 3.62. The number of amides is 1. The summed E-state index contributed by atoms with van der Waals surface area (Å²) in [6.07, 6.45) is 3.63. The zero-order valence-corrected chi connectivity index (χ0v) is 36.2. The van der Waals surface area contributed by atoms with Crippen molar-refractivity contribution in [2.24, 2.45) is 0 Å². The highest BCUT2D eigenvalue weighted by atomic mass is 19.1. The van der Waals surface area contributed by atoms with Crippen LogP contribution in [0.2, 0.25) is 0 Å². The molecule has 0 fully saturated rings. The number of nitrogens with one attached hydrogen (secondary N) is 1. The van der Waals surface area contributed by atoms with Gasteiger partial charge in [0, 0.05) is 12.4 Å². The Bertz CT molecular complexity index is 3320. The minimum Gasteiger partial charge on any atom is -0.481 e. The lowest BCUT2D eigenvalue weighted by Crippen LogP contribution is -2.32. The highest BCUT2D eigenvalue weighted by Gasteiger charge is 2.23. The van der Waals surface area contributed by atoms with E-state index in [-0.39, 0.29) is 66.3 Å². The van der Waals surface area contributed by atoms with Gasteiger partial charge in [-0.1, -0.05) is 97.1 Å². The van der Waals surface area contributed by atoms with E-state index in [0.717, 1.165) is 27.8 Å². The standard InChI is InChI=1S/C26H22FN3O4.C25H19FN4O3/c1-17-7-12-22-29-24(21(31)14-28-23(32)13-18-8-10-20(27)11-9-18)25(26(33)30(22)15-17)34-16-19-5-3-2-4-6-19;1-16-7-12-20-27-22(24-29-28-21(33-24)13-17-8-10-19(26)11-9-17)23(25(31)30(20)14-16)32-15-18-5-3-2-4-6-18/h2-12,15H,13-14,16H2,1H3,(H,28,32);2-12,14H,13,15H2,1H3. The third kappa shape index (κ3) is 11.2. The second-order valence-corrected chi connectivity index (χ2v) is 15.4. The summed E-state index contributed by atoms with van der Waals surface area (Å²) in [6, 6.07) is 37.3. The largest absolute Gasteiger partial charge is 0.481 e. The maximum absolute atomic E-state index is 13.3. The van der Waals surface area contributed by atoms with Gasteiger partial charge in [0.2, 0.25) is 29.1 Å². The van der Waals surface area contributed by atoms with Gasteiger partial charge in [-0.15, -0.1) is 10.2 Å². The van der Waals surface area contributed by atoms with E-state index in [2.05, 4.69) is 25.5 Å². The monoisotopic (exact) mass is 901 g/mol. The van der Waals surface area contributed by atoms with E-state index in [1.165, 1.54) is 45.2 Å². The molecule has 67 heavy (non-hydrogen) atoms. The molecule has 0 aliphatic rings. The molecule has 5 aromatic heterocycles. The van der Waals surface area contributed by atoms with Gasteiger partial charge in [0.1, 0.15) is 36.1 Å². The number of benzene rings is 4. The van der Waals surface area contributed by atoms with Gasteiger partial charge in [0.05, 0.1) is 19.4 Å². The molecule has 0 spiro atoms. The van der Waals surface area contributed by atoms with E-state index in [0.29, 0.717) is 29.2 Å².